The van der Waals surface area contributed by atoms with Crippen LogP contribution in [0.3, 0.4) is 0 Å². The molecule has 0 bridgehead atoms. The van der Waals surface area contributed by atoms with E-state index < -0.39 is 34.3 Å². The van der Waals surface area contributed by atoms with Gasteiger partial charge < -0.3 is 4.74 Å². The minimum atomic E-state index is -4.75. The van der Waals surface area contributed by atoms with Gasteiger partial charge in [0, 0.05) is 0 Å². The van der Waals surface area contributed by atoms with Crippen molar-refractivity contribution >= 4 is 10.1 Å². The van der Waals surface area contributed by atoms with Crippen LogP contribution in [0.1, 0.15) is 0 Å². The summed E-state index contributed by atoms with van der Waals surface area (Å²) in [6, 6.07) is 0. The Labute approximate surface area is 66.1 Å². The third-order valence-corrected chi connectivity index (χ3v) is 2.26. The molecule has 1 rings (SSSR count). The van der Waals surface area contributed by atoms with E-state index in [-0.39, 0.29) is 0 Å². The number of hydrogen-bond donors (Lipinski definition) is 1. The van der Waals surface area contributed by atoms with Gasteiger partial charge in [-0.3, -0.25) is 4.55 Å². The Morgan fingerprint density at radius 1 is 1.50 bits per heavy atom. The molecule has 12 heavy (non-hydrogen) atoms. The second-order valence-electron chi connectivity index (χ2n) is 2.51. The predicted molar refractivity (Wildman–Crippen MR) is 31.2 cm³/mol. The highest BCUT2D eigenvalue weighted by molar-refractivity contribution is 7.85. The average molecular weight is 206 g/mol. The molecule has 8 heteroatoms. The van der Waals surface area contributed by atoms with E-state index in [1.54, 1.807) is 0 Å². The van der Waals surface area contributed by atoms with E-state index in [4.69, 9.17) is 4.55 Å². The van der Waals surface area contributed by atoms with Crippen LogP contribution in [0, 0.1) is 0 Å². The molecule has 0 aromatic carbocycles. The highest BCUT2D eigenvalue weighted by Gasteiger charge is 2.67. The van der Waals surface area contributed by atoms with Gasteiger partial charge in [-0.25, -0.2) is 0 Å². The van der Waals surface area contributed by atoms with Gasteiger partial charge in [-0.05, 0) is 0 Å². The summed E-state index contributed by atoms with van der Waals surface area (Å²) in [5.41, 5.74) is -2.67. The highest BCUT2D eigenvalue weighted by Crippen LogP contribution is 2.44. The maximum atomic E-state index is 11.9. The van der Waals surface area contributed by atoms with Gasteiger partial charge >= 0.3 is 6.18 Å². The minimum absolute atomic E-state index is 0.712. The molecule has 72 valence electrons. The zero-order valence-electron chi connectivity index (χ0n) is 5.63. The van der Waals surface area contributed by atoms with Crippen molar-refractivity contribution in [2.45, 2.75) is 11.8 Å². The molecule has 0 saturated carbocycles. The fraction of sp³-hybridized carbons (Fsp3) is 1.00. The van der Waals surface area contributed by atoms with Crippen LogP contribution in [0.4, 0.5) is 13.2 Å². The first-order valence-corrected chi connectivity index (χ1v) is 4.43. The van der Waals surface area contributed by atoms with Crippen LogP contribution in [0.15, 0.2) is 0 Å². The molecule has 0 unspecified atom stereocenters. The molecule has 1 fully saturated rings. The summed E-state index contributed by atoms with van der Waals surface area (Å²) in [6.07, 6.45) is -4.75. The van der Waals surface area contributed by atoms with Gasteiger partial charge in [0.1, 0.15) is 5.75 Å². The van der Waals surface area contributed by atoms with Crippen LogP contribution in [0.25, 0.3) is 0 Å². The molecule has 0 aromatic heterocycles. The monoisotopic (exact) mass is 206 g/mol. The summed E-state index contributed by atoms with van der Waals surface area (Å²) in [7, 11) is -4.65. The first-order valence-electron chi connectivity index (χ1n) is 2.82. The highest BCUT2D eigenvalue weighted by atomic mass is 32.2. The summed E-state index contributed by atoms with van der Waals surface area (Å²) in [5.74, 6) is -1.43. The number of epoxide rings is 1. The minimum Gasteiger partial charge on any atom is -0.359 e. The topological polar surface area (TPSA) is 66.9 Å². The van der Waals surface area contributed by atoms with Gasteiger partial charge in [-0.2, -0.15) is 21.6 Å². The third kappa shape index (κ3) is 1.87. The van der Waals surface area contributed by atoms with Crippen molar-refractivity contribution in [1.29, 1.82) is 0 Å². The molecular formula is C4H5F3O4S. The quantitative estimate of drug-likeness (QED) is 0.518. The SMILES string of the molecule is O=S(=O)(O)C[C@@]1(C(F)(F)F)CO1. The Hall–Kier alpha value is -0.340. The summed E-state index contributed by atoms with van der Waals surface area (Å²) in [4.78, 5) is 0. The molecule has 0 radical (unpaired) electrons. The molecule has 0 aliphatic carbocycles. The molecule has 1 heterocycles. The fourth-order valence-electron chi connectivity index (χ4n) is 0.711. The number of hydrogen-bond acceptors (Lipinski definition) is 3. The van der Waals surface area contributed by atoms with Crippen LogP contribution in [0.5, 0.6) is 0 Å². The Bertz CT molecular complexity index is 275. The second kappa shape index (κ2) is 2.33. The van der Waals surface area contributed by atoms with Crippen molar-refractivity contribution in [3.63, 3.8) is 0 Å². The van der Waals surface area contributed by atoms with Gasteiger partial charge in [0.25, 0.3) is 10.1 Å². The smallest absolute Gasteiger partial charge is 0.359 e. The van der Waals surface area contributed by atoms with Crippen LogP contribution in [-0.2, 0) is 14.9 Å². The van der Waals surface area contributed by atoms with Crippen LogP contribution >= 0.6 is 0 Å². The molecule has 0 spiro atoms. The molecule has 1 aliphatic rings. The van der Waals surface area contributed by atoms with Gasteiger partial charge in [-0.15, -0.1) is 0 Å². The number of rotatable bonds is 2. The van der Waals surface area contributed by atoms with Crippen molar-refractivity contribution in [1.82, 2.24) is 0 Å². The largest absolute Gasteiger partial charge is 0.420 e. The lowest BCUT2D eigenvalue weighted by Crippen LogP contribution is -2.39. The normalized spacial score (nSPS) is 30.3. The molecular weight excluding hydrogens is 201 g/mol. The molecule has 0 aromatic rings. The Balaban J connectivity index is 2.76. The summed E-state index contributed by atoms with van der Waals surface area (Å²) in [6.45, 7) is -0.712. The van der Waals surface area contributed by atoms with Gasteiger partial charge in [0.05, 0.1) is 6.61 Å². The number of ether oxygens (including phenoxy) is 1. The van der Waals surface area contributed by atoms with Gasteiger partial charge in [0.15, 0.2) is 0 Å². The van der Waals surface area contributed by atoms with E-state index in [1.807, 2.05) is 0 Å². The van der Waals surface area contributed by atoms with Crippen molar-refractivity contribution in [3.05, 3.63) is 0 Å². The molecule has 1 N–H and O–H groups in total. The van der Waals surface area contributed by atoms with E-state index in [0.717, 1.165) is 0 Å². The number of alkyl halides is 3. The van der Waals surface area contributed by atoms with Crippen LogP contribution < -0.4 is 0 Å². The lowest BCUT2D eigenvalue weighted by Gasteiger charge is -2.13. The van der Waals surface area contributed by atoms with Crippen LogP contribution in [-0.4, -0.2) is 37.1 Å². The van der Waals surface area contributed by atoms with Crippen molar-refractivity contribution < 1.29 is 30.9 Å². The first-order chi connectivity index (χ1) is 5.16. The summed E-state index contributed by atoms with van der Waals surface area (Å²) < 4.78 is 68.1. The van der Waals surface area contributed by atoms with E-state index in [0.29, 0.717) is 0 Å². The molecule has 1 aliphatic heterocycles. The molecule has 1 saturated heterocycles. The van der Waals surface area contributed by atoms with Gasteiger partial charge in [-0.1, -0.05) is 0 Å². The lowest BCUT2D eigenvalue weighted by molar-refractivity contribution is -0.177. The van der Waals surface area contributed by atoms with Gasteiger partial charge in [0.2, 0.25) is 5.60 Å². The van der Waals surface area contributed by atoms with Crippen molar-refractivity contribution in [3.8, 4) is 0 Å². The standard InChI is InChI=1S/C4H5F3O4S/c5-4(6,7)3(1-11-3)2-12(8,9)10/h1-2H2,(H,8,9,10)/t3-/m1/s1. The molecule has 1 atom stereocenters. The van der Waals surface area contributed by atoms with E-state index >= 15 is 0 Å². The summed E-state index contributed by atoms with van der Waals surface area (Å²) in [5, 5.41) is 0. The average Bonchev–Trinajstić information content (AvgIpc) is 2.39. The maximum Gasteiger partial charge on any atom is 0.420 e. The molecule has 4 nitrogen and oxygen atoms in total. The Kier molecular flexibility index (Phi) is 1.89. The third-order valence-electron chi connectivity index (χ3n) is 1.42. The zero-order valence-corrected chi connectivity index (χ0v) is 6.44. The van der Waals surface area contributed by atoms with Crippen LogP contribution in [0.2, 0.25) is 0 Å². The second-order valence-corrected chi connectivity index (χ2v) is 3.96. The summed E-state index contributed by atoms with van der Waals surface area (Å²) >= 11 is 0. The Morgan fingerprint density at radius 2 is 1.92 bits per heavy atom. The zero-order chi connectivity index (χ0) is 9.62. The van der Waals surface area contributed by atoms with Crippen molar-refractivity contribution in [2.24, 2.45) is 0 Å². The fourth-order valence-corrected chi connectivity index (χ4v) is 1.63. The molecule has 0 amide bonds. The van der Waals surface area contributed by atoms with E-state index in [9.17, 15) is 21.6 Å². The maximum absolute atomic E-state index is 11.9. The predicted octanol–water partition coefficient (Wildman–Crippen LogP) is 0.205. The van der Waals surface area contributed by atoms with E-state index in [2.05, 4.69) is 4.74 Å². The first kappa shape index (κ1) is 9.75. The van der Waals surface area contributed by atoms with E-state index in [1.165, 1.54) is 0 Å². The lowest BCUT2D eigenvalue weighted by atomic mass is 10.2. The van der Waals surface area contributed by atoms with Crippen molar-refractivity contribution in [2.75, 3.05) is 12.4 Å². The number of halogens is 3. The Morgan fingerprint density at radius 3 is 2.00 bits per heavy atom.